The molecular formula is C28H32FN7O4. The maximum absolute atomic E-state index is 13.7. The standard InChI is InChI=1S/C28H32FN7O4/c1-17-5-8-25(40-19(3)29)23(32-17)15-36-24-11-20(6-7-22(24)27(39)33(36)4)21-12-30-28(31-13-21)34-9-10-35(18(2)14-34)26(38)16-37/h5-8,11-13,18-19,37H,9-10,14-16H2,1-4H3/t18-,19?/m1/s1. The van der Waals surface area contributed by atoms with E-state index in [1.54, 1.807) is 47.2 Å². The monoisotopic (exact) mass is 549 g/mol. The van der Waals surface area contributed by atoms with Gasteiger partial charge in [-0.05, 0) is 43.7 Å². The Bertz CT molecular complexity index is 1600. The van der Waals surface area contributed by atoms with E-state index in [0.29, 0.717) is 47.9 Å². The first kappa shape index (κ1) is 27.3. The molecule has 0 bridgehead atoms. The number of hydrogen-bond donors (Lipinski definition) is 1. The molecule has 3 aromatic heterocycles. The van der Waals surface area contributed by atoms with E-state index >= 15 is 0 Å². The summed E-state index contributed by atoms with van der Waals surface area (Å²) in [5.41, 5.74) is 3.41. The highest BCUT2D eigenvalue weighted by atomic mass is 19.1. The number of carbonyl (C=O) groups excluding carboxylic acids is 1. The molecule has 4 heterocycles. The maximum atomic E-state index is 13.7. The highest BCUT2D eigenvalue weighted by molar-refractivity contribution is 5.84. The Morgan fingerprint density at radius 3 is 2.60 bits per heavy atom. The number of aliphatic hydroxyl groups is 1. The summed E-state index contributed by atoms with van der Waals surface area (Å²) < 4.78 is 22.3. The topological polar surface area (TPSA) is 119 Å². The Balaban J connectivity index is 1.43. The van der Waals surface area contributed by atoms with E-state index in [1.165, 1.54) is 11.6 Å². The van der Waals surface area contributed by atoms with Gasteiger partial charge in [0.1, 0.15) is 18.1 Å². The summed E-state index contributed by atoms with van der Waals surface area (Å²) in [6.07, 6.45) is 1.97. The number of pyridine rings is 1. The molecule has 0 spiro atoms. The second kappa shape index (κ2) is 11.0. The number of hydrogen-bond acceptors (Lipinski definition) is 8. The number of rotatable bonds is 7. The van der Waals surface area contributed by atoms with Gasteiger partial charge in [-0.25, -0.2) is 14.4 Å². The van der Waals surface area contributed by atoms with Crippen LogP contribution < -0.4 is 15.2 Å². The van der Waals surface area contributed by atoms with Crippen molar-refractivity contribution in [2.75, 3.05) is 31.1 Å². The zero-order valence-corrected chi connectivity index (χ0v) is 22.9. The Morgan fingerprint density at radius 1 is 1.18 bits per heavy atom. The van der Waals surface area contributed by atoms with Gasteiger partial charge in [0.05, 0.1) is 17.4 Å². The normalized spacial score (nSPS) is 16.4. The molecule has 1 aliphatic rings. The summed E-state index contributed by atoms with van der Waals surface area (Å²) in [6.45, 7) is 6.41. The number of piperazine rings is 1. The molecule has 210 valence electrons. The number of aryl methyl sites for hydroxylation is 1. The fourth-order valence-corrected chi connectivity index (χ4v) is 5.11. The lowest BCUT2D eigenvalue weighted by Gasteiger charge is -2.39. The third-order valence-electron chi connectivity index (χ3n) is 7.16. The summed E-state index contributed by atoms with van der Waals surface area (Å²) >= 11 is 0. The molecule has 1 N–H and O–H groups in total. The zero-order valence-electron chi connectivity index (χ0n) is 22.9. The lowest BCUT2D eigenvalue weighted by molar-refractivity contribution is -0.136. The molecule has 2 atom stereocenters. The van der Waals surface area contributed by atoms with Gasteiger partial charge in [-0.2, -0.15) is 0 Å². The summed E-state index contributed by atoms with van der Waals surface area (Å²) in [6, 6.07) is 8.91. The van der Waals surface area contributed by atoms with Crippen molar-refractivity contribution in [3.05, 3.63) is 64.5 Å². The summed E-state index contributed by atoms with van der Waals surface area (Å²) in [5, 5.41) is 9.73. The number of alkyl halides is 1. The largest absolute Gasteiger partial charge is 0.459 e. The van der Waals surface area contributed by atoms with E-state index in [0.717, 1.165) is 16.8 Å². The number of benzene rings is 1. The van der Waals surface area contributed by atoms with Crippen molar-refractivity contribution in [2.45, 2.75) is 39.7 Å². The number of anilines is 1. The molecule has 12 heteroatoms. The van der Waals surface area contributed by atoms with Crippen molar-refractivity contribution in [2.24, 2.45) is 7.05 Å². The van der Waals surface area contributed by atoms with Gasteiger partial charge in [-0.3, -0.25) is 23.9 Å². The Hall–Kier alpha value is -4.32. The van der Waals surface area contributed by atoms with E-state index in [2.05, 4.69) is 15.0 Å². The molecule has 1 unspecified atom stereocenters. The van der Waals surface area contributed by atoms with Gasteiger partial charge in [0.2, 0.25) is 18.2 Å². The number of aromatic nitrogens is 5. The molecule has 11 nitrogen and oxygen atoms in total. The van der Waals surface area contributed by atoms with Crippen LogP contribution >= 0.6 is 0 Å². The second-order valence-corrected chi connectivity index (χ2v) is 9.99. The van der Waals surface area contributed by atoms with Gasteiger partial charge < -0.3 is 19.6 Å². The summed E-state index contributed by atoms with van der Waals surface area (Å²) in [5.74, 6) is 0.604. The number of amides is 1. The minimum atomic E-state index is -1.50. The van der Waals surface area contributed by atoms with E-state index < -0.39 is 13.0 Å². The Morgan fingerprint density at radius 2 is 1.93 bits per heavy atom. The third-order valence-corrected chi connectivity index (χ3v) is 7.16. The zero-order chi connectivity index (χ0) is 28.6. The maximum Gasteiger partial charge on any atom is 0.274 e. The highest BCUT2D eigenvalue weighted by Gasteiger charge is 2.28. The number of fused-ring (bicyclic) bond motifs is 1. The molecule has 1 saturated heterocycles. The highest BCUT2D eigenvalue weighted by Crippen LogP contribution is 2.26. The predicted molar refractivity (Wildman–Crippen MR) is 148 cm³/mol. The number of ether oxygens (including phenoxy) is 1. The van der Waals surface area contributed by atoms with Crippen LogP contribution in [0.4, 0.5) is 10.3 Å². The van der Waals surface area contributed by atoms with Crippen LogP contribution in [0.15, 0.2) is 47.5 Å². The molecule has 1 amide bonds. The van der Waals surface area contributed by atoms with Crippen LogP contribution in [0.25, 0.3) is 22.0 Å². The van der Waals surface area contributed by atoms with E-state index in [9.17, 15) is 19.1 Å². The van der Waals surface area contributed by atoms with Crippen LogP contribution in [0, 0.1) is 6.92 Å². The van der Waals surface area contributed by atoms with E-state index in [1.807, 2.05) is 30.9 Å². The first-order valence-electron chi connectivity index (χ1n) is 13.1. The Kier molecular flexibility index (Phi) is 7.53. The molecule has 0 radical (unpaired) electrons. The molecule has 1 aliphatic heterocycles. The lowest BCUT2D eigenvalue weighted by Crippen LogP contribution is -2.55. The first-order chi connectivity index (χ1) is 19.2. The molecule has 5 rings (SSSR count). The molecule has 1 fully saturated rings. The van der Waals surface area contributed by atoms with Gasteiger partial charge in [-0.1, -0.05) is 6.07 Å². The minimum absolute atomic E-state index is 0.0733. The van der Waals surface area contributed by atoms with Crippen molar-refractivity contribution >= 4 is 22.8 Å². The fraction of sp³-hybridized carbons (Fsp3) is 0.393. The molecule has 1 aromatic carbocycles. The smallest absolute Gasteiger partial charge is 0.274 e. The second-order valence-electron chi connectivity index (χ2n) is 9.99. The molecule has 0 aliphatic carbocycles. The van der Waals surface area contributed by atoms with Crippen molar-refractivity contribution in [1.82, 2.24) is 29.2 Å². The van der Waals surface area contributed by atoms with Crippen molar-refractivity contribution < 1.29 is 19.0 Å². The summed E-state index contributed by atoms with van der Waals surface area (Å²) in [7, 11) is 1.68. The quantitative estimate of drug-likeness (QED) is 0.373. The van der Waals surface area contributed by atoms with Gasteiger partial charge >= 0.3 is 0 Å². The minimum Gasteiger partial charge on any atom is -0.459 e. The lowest BCUT2D eigenvalue weighted by atomic mass is 10.1. The molecular weight excluding hydrogens is 517 g/mol. The average molecular weight is 550 g/mol. The third kappa shape index (κ3) is 5.26. The van der Waals surface area contributed by atoms with Crippen molar-refractivity contribution in [3.63, 3.8) is 0 Å². The molecule has 4 aromatic rings. The SMILES string of the molecule is Cc1ccc(OC(C)F)c(Cn2c3cc(-c4cnc(N5CCN(C(=O)CO)[C@H](C)C5)nc4)ccc3c(=O)n2C)n1. The van der Waals surface area contributed by atoms with Crippen molar-refractivity contribution in [3.8, 4) is 16.9 Å². The van der Waals surface area contributed by atoms with Gasteiger partial charge in [0.15, 0.2) is 0 Å². The van der Waals surface area contributed by atoms with Crippen LogP contribution in [0.2, 0.25) is 0 Å². The predicted octanol–water partition coefficient (Wildman–Crippen LogP) is 2.27. The average Bonchev–Trinajstić information content (AvgIpc) is 3.18. The number of nitrogens with zero attached hydrogens (tertiary/aromatic N) is 7. The van der Waals surface area contributed by atoms with Crippen LogP contribution in [0.3, 0.4) is 0 Å². The van der Waals surface area contributed by atoms with Gasteiger partial charge in [0, 0.05) is 63.3 Å². The number of carbonyl (C=O) groups is 1. The van der Waals surface area contributed by atoms with Crippen LogP contribution in [-0.4, -0.2) is 78.9 Å². The van der Waals surface area contributed by atoms with Gasteiger partial charge in [0.25, 0.3) is 5.56 Å². The number of aliphatic hydroxyl groups excluding tert-OH is 1. The fourth-order valence-electron chi connectivity index (χ4n) is 5.11. The van der Waals surface area contributed by atoms with Crippen LogP contribution in [0.1, 0.15) is 25.2 Å². The number of halogens is 1. The molecule has 40 heavy (non-hydrogen) atoms. The van der Waals surface area contributed by atoms with Crippen LogP contribution in [-0.2, 0) is 18.4 Å². The van der Waals surface area contributed by atoms with E-state index in [4.69, 9.17) is 4.74 Å². The molecule has 0 saturated carbocycles. The summed E-state index contributed by atoms with van der Waals surface area (Å²) in [4.78, 5) is 42.3. The Labute approximate surface area is 230 Å². The van der Waals surface area contributed by atoms with Gasteiger partial charge in [-0.15, -0.1) is 0 Å². The van der Waals surface area contributed by atoms with Crippen LogP contribution in [0.5, 0.6) is 5.75 Å². The first-order valence-corrected chi connectivity index (χ1v) is 13.1. The van der Waals surface area contributed by atoms with E-state index in [-0.39, 0.29) is 24.1 Å². The van der Waals surface area contributed by atoms with Crippen molar-refractivity contribution in [1.29, 1.82) is 0 Å².